The van der Waals surface area contributed by atoms with Crippen LogP contribution in [0.2, 0.25) is 0 Å². The number of nitrogens with one attached hydrogen (secondary N) is 1. The first-order valence-electron chi connectivity index (χ1n) is 6.58. The van der Waals surface area contributed by atoms with Gasteiger partial charge in [-0.2, -0.15) is 4.37 Å². The fourth-order valence-corrected chi connectivity index (χ4v) is 2.53. The number of aromatic nitrogens is 1. The molecule has 1 N–H and O–H groups in total. The fourth-order valence-electron chi connectivity index (χ4n) is 1.74. The highest BCUT2D eigenvalue weighted by molar-refractivity contribution is 7.11. The number of fused-ring (bicyclic) bond motifs is 1. The zero-order valence-corrected chi connectivity index (χ0v) is 11.6. The molecule has 0 radical (unpaired) electrons. The summed E-state index contributed by atoms with van der Waals surface area (Å²) >= 11 is 1.53. The summed E-state index contributed by atoms with van der Waals surface area (Å²) in [5, 5.41) is 5.82. The van der Waals surface area contributed by atoms with Crippen molar-refractivity contribution in [1.82, 2.24) is 4.37 Å². The maximum atomic E-state index is 5.53. The van der Waals surface area contributed by atoms with E-state index in [4.69, 9.17) is 4.74 Å². The summed E-state index contributed by atoms with van der Waals surface area (Å²) in [4.78, 5) is 0. The Balaban J connectivity index is 1.70. The quantitative estimate of drug-likeness (QED) is 0.734. The van der Waals surface area contributed by atoms with Gasteiger partial charge in [0.05, 0.1) is 5.52 Å². The lowest BCUT2D eigenvalue weighted by Crippen LogP contribution is -2.05. The van der Waals surface area contributed by atoms with Gasteiger partial charge in [0, 0.05) is 25.1 Å². The van der Waals surface area contributed by atoms with Gasteiger partial charge in [-0.25, -0.2) is 0 Å². The highest BCUT2D eigenvalue weighted by Gasteiger charge is 2.03. The normalized spacial score (nSPS) is 10.9. The van der Waals surface area contributed by atoms with E-state index < -0.39 is 0 Å². The molecule has 2 rings (SSSR count). The van der Waals surface area contributed by atoms with Gasteiger partial charge in [0.2, 0.25) is 0 Å². The summed E-state index contributed by atoms with van der Waals surface area (Å²) in [6, 6.07) is 8.23. The molecule has 0 spiro atoms. The number of hydrogen-bond donors (Lipinski definition) is 1. The zero-order valence-electron chi connectivity index (χ0n) is 10.8. The van der Waals surface area contributed by atoms with Crippen LogP contribution >= 0.6 is 11.5 Å². The minimum absolute atomic E-state index is 0.837. The predicted molar refractivity (Wildman–Crippen MR) is 78.5 cm³/mol. The summed E-state index contributed by atoms with van der Waals surface area (Å²) in [6.45, 7) is 4.85. The first-order chi connectivity index (χ1) is 8.92. The first-order valence-corrected chi connectivity index (χ1v) is 7.35. The Morgan fingerprint density at radius 2 is 2.06 bits per heavy atom. The average Bonchev–Trinajstić information content (AvgIpc) is 2.81. The minimum atomic E-state index is 0.837. The van der Waals surface area contributed by atoms with E-state index in [0.717, 1.165) is 38.1 Å². The van der Waals surface area contributed by atoms with Gasteiger partial charge in [0.25, 0.3) is 0 Å². The second-order valence-corrected chi connectivity index (χ2v) is 5.05. The van der Waals surface area contributed by atoms with Crippen LogP contribution < -0.4 is 5.32 Å². The second kappa shape index (κ2) is 7.34. The van der Waals surface area contributed by atoms with Gasteiger partial charge in [0.15, 0.2) is 0 Å². The molecular weight excluding hydrogens is 244 g/mol. The molecular formula is C14H20N2OS. The van der Waals surface area contributed by atoms with Gasteiger partial charge in [-0.1, -0.05) is 25.5 Å². The Kier molecular flexibility index (Phi) is 5.42. The number of benzene rings is 1. The van der Waals surface area contributed by atoms with Crippen LogP contribution in [0, 0.1) is 0 Å². The molecule has 0 aliphatic carbocycles. The molecule has 0 bridgehead atoms. The van der Waals surface area contributed by atoms with Crippen LogP contribution in [0.4, 0.5) is 5.00 Å². The van der Waals surface area contributed by atoms with Crippen molar-refractivity contribution in [3.05, 3.63) is 24.3 Å². The summed E-state index contributed by atoms with van der Waals surface area (Å²) in [7, 11) is 0. The Hall–Kier alpha value is -1.13. The van der Waals surface area contributed by atoms with Crippen molar-refractivity contribution < 1.29 is 4.74 Å². The average molecular weight is 264 g/mol. The van der Waals surface area contributed by atoms with E-state index in [2.05, 4.69) is 28.7 Å². The van der Waals surface area contributed by atoms with E-state index in [-0.39, 0.29) is 0 Å². The molecule has 0 saturated heterocycles. The molecule has 4 heteroatoms. The van der Waals surface area contributed by atoms with Crippen molar-refractivity contribution in [1.29, 1.82) is 0 Å². The molecule has 1 aromatic carbocycles. The highest BCUT2D eigenvalue weighted by Crippen LogP contribution is 2.26. The Bertz CT molecular complexity index is 470. The molecule has 18 heavy (non-hydrogen) atoms. The van der Waals surface area contributed by atoms with Crippen molar-refractivity contribution >= 4 is 27.4 Å². The van der Waals surface area contributed by atoms with Gasteiger partial charge in [-0.15, -0.1) is 0 Å². The fraction of sp³-hybridized carbons (Fsp3) is 0.500. The molecule has 0 aliphatic rings. The van der Waals surface area contributed by atoms with Crippen LogP contribution in [0.1, 0.15) is 26.2 Å². The van der Waals surface area contributed by atoms with E-state index >= 15 is 0 Å². The monoisotopic (exact) mass is 264 g/mol. The zero-order chi connectivity index (χ0) is 12.6. The van der Waals surface area contributed by atoms with Gasteiger partial charge < -0.3 is 10.1 Å². The molecule has 0 saturated carbocycles. The van der Waals surface area contributed by atoms with Crippen LogP contribution in [0.5, 0.6) is 0 Å². The lowest BCUT2D eigenvalue weighted by atomic mass is 10.2. The van der Waals surface area contributed by atoms with Gasteiger partial charge in [0.1, 0.15) is 5.00 Å². The van der Waals surface area contributed by atoms with Gasteiger partial charge in [-0.3, -0.25) is 0 Å². The Morgan fingerprint density at radius 3 is 2.94 bits per heavy atom. The number of ether oxygens (including phenoxy) is 1. The summed E-state index contributed by atoms with van der Waals surface area (Å²) in [6.07, 6.45) is 3.40. The Labute approximate surface area is 112 Å². The molecule has 1 heterocycles. The molecule has 0 unspecified atom stereocenters. The SMILES string of the molecule is CCCCOCCCNc1snc2ccccc12. The third kappa shape index (κ3) is 3.68. The molecule has 0 atom stereocenters. The summed E-state index contributed by atoms with van der Waals surface area (Å²) < 4.78 is 9.93. The van der Waals surface area contributed by atoms with Crippen molar-refractivity contribution in [3.8, 4) is 0 Å². The molecule has 0 aliphatic heterocycles. The smallest absolute Gasteiger partial charge is 0.117 e. The molecule has 0 amide bonds. The minimum Gasteiger partial charge on any atom is -0.381 e. The molecule has 2 aromatic rings. The summed E-state index contributed by atoms with van der Waals surface area (Å²) in [5.41, 5.74) is 1.07. The van der Waals surface area contributed by atoms with Crippen LogP contribution in [-0.4, -0.2) is 24.1 Å². The van der Waals surface area contributed by atoms with E-state index in [1.54, 1.807) is 0 Å². The largest absolute Gasteiger partial charge is 0.381 e. The molecule has 1 aromatic heterocycles. The summed E-state index contributed by atoms with van der Waals surface area (Å²) in [5.74, 6) is 0. The van der Waals surface area contributed by atoms with Crippen molar-refractivity contribution in [2.24, 2.45) is 0 Å². The van der Waals surface area contributed by atoms with Gasteiger partial charge in [-0.05, 0) is 36.5 Å². The lowest BCUT2D eigenvalue weighted by molar-refractivity contribution is 0.131. The standard InChI is InChI=1S/C14H20N2OS/c1-2-3-10-17-11-6-9-15-14-12-7-4-5-8-13(12)16-18-14/h4-5,7-8,15H,2-3,6,9-11H2,1H3. The maximum Gasteiger partial charge on any atom is 0.117 e. The van der Waals surface area contributed by atoms with E-state index in [0.29, 0.717) is 0 Å². The van der Waals surface area contributed by atoms with Crippen LogP contribution in [0.15, 0.2) is 24.3 Å². The van der Waals surface area contributed by atoms with Crippen molar-refractivity contribution in [2.45, 2.75) is 26.2 Å². The third-order valence-corrected chi connectivity index (χ3v) is 3.61. The number of rotatable bonds is 8. The Morgan fingerprint density at radius 1 is 1.22 bits per heavy atom. The number of hydrogen-bond acceptors (Lipinski definition) is 4. The van der Waals surface area contributed by atoms with Crippen LogP contribution in [-0.2, 0) is 4.74 Å². The number of nitrogens with zero attached hydrogens (tertiary/aromatic N) is 1. The first kappa shape index (κ1) is 13.3. The third-order valence-electron chi connectivity index (χ3n) is 2.78. The van der Waals surface area contributed by atoms with E-state index in [1.165, 1.54) is 28.3 Å². The van der Waals surface area contributed by atoms with Crippen molar-refractivity contribution in [3.63, 3.8) is 0 Å². The van der Waals surface area contributed by atoms with Crippen LogP contribution in [0.3, 0.4) is 0 Å². The van der Waals surface area contributed by atoms with Crippen molar-refractivity contribution in [2.75, 3.05) is 25.1 Å². The molecule has 0 fully saturated rings. The lowest BCUT2D eigenvalue weighted by Gasteiger charge is -2.05. The van der Waals surface area contributed by atoms with E-state index in [1.807, 2.05) is 12.1 Å². The topological polar surface area (TPSA) is 34.1 Å². The van der Waals surface area contributed by atoms with E-state index in [9.17, 15) is 0 Å². The number of unbranched alkanes of at least 4 members (excludes halogenated alkanes) is 1. The highest BCUT2D eigenvalue weighted by atomic mass is 32.1. The van der Waals surface area contributed by atoms with Crippen LogP contribution in [0.25, 0.3) is 10.9 Å². The second-order valence-electron chi connectivity index (χ2n) is 4.28. The molecule has 98 valence electrons. The maximum absolute atomic E-state index is 5.53. The molecule has 3 nitrogen and oxygen atoms in total. The van der Waals surface area contributed by atoms with Gasteiger partial charge >= 0.3 is 0 Å². The predicted octanol–water partition coefficient (Wildman–Crippen LogP) is 3.92. The number of anilines is 1.